The lowest BCUT2D eigenvalue weighted by atomic mass is 10.1. The van der Waals surface area contributed by atoms with E-state index in [4.69, 9.17) is 15.2 Å². The first-order valence-corrected chi connectivity index (χ1v) is 9.87. The quantitative estimate of drug-likeness (QED) is 0.369. The Morgan fingerprint density at radius 1 is 1.35 bits per heavy atom. The number of likely N-dealkylation sites (N-methyl/N-ethyl adjacent to an activating group) is 1. The zero-order valence-corrected chi connectivity index (χ0v) is 17.2. The summed E-state index contributed by atoms with van der Waals surface area (Å²) in [5.74, 6) is 0.618. The van der Waals surface area contributed by atoms with Crippen LogP contribution in [0.1, 0.15) is 18.7 Å². The van der Waals surface area contributed by atoms with E-state index in [1.807, 2.05) is 24.3 Å². The van der Waals surface area contributed by atoms with Crippen LogP contribution in [0.3, 0.4) is 0 Å². The van der Waals surface area contributed by atoms with Crippen molar-refractivity contribution in [3.05, 3.63) is 42.5 Å². The van der Waals surface area contributed by atoms with Gasteiger partial charge in [-0.2, -0.15) is 0 Å². The minimum Gasteiger partial charge on any atom is -0.497 e. The first-order valence-electron chi connectivity index (χ1n) is 9.87. The predicted molar refractivity (Wildman–Crippen MR) is 109 cm³/mol. The van der Waals surface area contributed by atoms with Crippen molar-refractivity contribution in [2.24, 2.45) is 0 Å². The van der Waals surface area contributed by atoms with Gasteiger partial charge in [-0.3, -0.25) is 9.36 Å². The van der Waals surface area contributed by atoms with Gasteiger partial charge in [0.05, 0.1) is 13.7 Å². The van der Waals surface area contributed by atoms with Crippen LogP contribution < -0.4 is 20.4 Å². The Morgan fingerprint density at radius 3 is 2.90 bits per heavy atom. The Balaban J connectivity index is 1.63. The first-order chi connectivity index (χ1) is 14.9. The second kappa shape index (κ2) is 8.46. The average molecular weight is 429 g/mol. The maximum atomic E-state index is 12.1. The van der Waals surface area contributed by atoms with Crippen LogP contribution in [0.25, 0.3) is 11.2 Å². The Labute approximate surface area is 178 Å². The Hall–Kier alpha value is -3.28. The third kappa shape index (κ3) is 3.78. The summed E-state index contributed by atoms with van der Waals surface area (Å²) in [5, 5.41) is 23.3. The van der Waals surface area contributed by atoms with Gasteiger partial charge in [-0.15, -0.1) is 0 Å². The van der Waals surface area contributed by atoms with E-state index < -0.39 is 30.4 Å². The van der Waals surface area contributed by atoms with Crippen LogP contribution in [0, 0.1) is 0 Å². The van der Waals surface area contributed by atoms with E-state index in [1.54, 1.807) is 24.9 Å². The van der Waals surface area contributed by atoms with Crippen molar-refractivity contribution in [3.63, 3.8) is 0 Å². The number of benzene rings is 1. The molecule has 0 radical (unpaired) electrons. The van der Waals surface area contributed by atoms with E-state index in [0.29, 0.717) is 30.1 Å². The fourth-order valence-electron chi connectivity index (χ4n) is 3.65. The molecule has 3 heterocycles. The smallest absolute Gasteiger partial charge is 0.252 e. The van der Waals surface area contributed by atoms with Gasteiger partial charge in [-0.1, -0.05) is 17.1 Å². The minimum absolute atomic E-state index is 0.368. The largest absolute Gasteiger partial charge is 0.497 e. The molecule has 1 fully saturated rings. The number of amides is 1. The highest BCUT2D eigenvalue weighted by Gasteiger charge is 2.48. The SMILES string of the molecule is CCNC(=O)[C@H]1O[C@@H](n2cnc3c(N)[n+](Cc4cccc(OC)c4)cnc32)[C@H](O)[C@@H]1O. The number of imidazole rings is 1. The number of fused-ring (bicyclic) bond motifs is 1. The number of nitrogens with one attached hydrogen (secondary N) is 1. The van der Waals surface area contributed by atoms with Gasteiger partial charge in [-0.05, 0) is 24.6 Å². The van der Waals surface area contributed by atoms with Crippen LogP contribution in [-0.2, 0) is 16.1 Å². The molecule has 11 heteroatoms. The van der Waals surface area contributed by atoms with Gasteiger partial charge in [0.2, 0.25) is 12.0 Å². The number of nitrogen functional groups attached to an aromatic ring is 1. The molecule has 0 spiro atoms. The topological polar surface area (TPSA) is 149 Å². The summed E-state index contributed by atoms with van der Waals surface area (Å²) in [4.78, 5) is 20.9. The van der Waals surface area contributed by atoms with Crippen molar-refractivity contribution in [2.75, 3.05) is 19.4 Å². The number of methoxy groups -OCH3 is 1. The molecule has 1 amide bonds. The van der Waals surface area contributed by atoms with Gasteiger partial charge >= 0.3 is 0 Å². The highest BCUT2D eigenvalue weighted by atomic mass is 16.6. The molecule has 3 aromatic rings. The molecule has 1 aliphatic rings. The number of aliphatic hydroxyl groups excluding tert-OH is 2. The highest BCUT2D eigenvalue weighted by Crippen LogP contribution is 2.32. The number of nitrogens with zero attached hydrogens (tertiary/aromatic N) is 4. The van der Waals surface area contributed by atoms with E-state index in [-0.39, 0.29) is 0 Å². The molecule has 164 valence electrons. The number of aliphatic hydroxyl groups is 2. The maximum absolute atomic E-state index is 12.1. The second-order valence-electron chi connectivity index (χ2n) is 7.26. The predicted octanol–water partition coefficient (Wildman–Crippen LogP) is -0.887. The lowest BCUT2D eigenvalue weighted by Crippen LogP contribution is -2.42. The lowest BCUT2D eigenvalue weighted by Gasteiger charge is -2.15. The molecule has 1 aromatic carbocycles. The number of anilines is 1. The molecular formula is C20H25N6O5+. The third-order valence-corrected chi connectivity index (χ3v) is 5.25. The lowest BCUT2D eigenvalue weighted by molar-refractivity contribution is -0.675. The number of carbonyl (C=O) groups is 1. The summed E-state index contributed by atoms with van der Waals surface area (Å²) < 4.78 is 14.1. The van der Waals surface area contributed by atoms with Gasteiger partial charge in [0, 0.05) is 6.54 Å². The monoisotopic (exact) mass is 429 g/mol. The van der Waals surface area contributed by atoms with Crippen molar-refractivity contribution >= 4 is 22.9 Å². The molecule has 2 aromatic heterocycles. The molecule has 4 rings (SSSR count). The van der Waals surface area contributed by atoms with E-state index in [9.17, 15) is 15.0 Å². The van der Waals surface area contributed by atoms with Crippen LogP contribution in [0.15, 0.2) is 36.9 Å². The van der Waals surface area contributed by atoms with E-state index in [0.717, 1.165) is 11.3 Å². The minimum atomic E-state index is -1.38. The summed E-state index contributed by atoms with van der Waals surface area (Å²) in [5.41, 5.74) is 8.08. The zero-order valence-electron chi connectivity index (χ0n) is 17.2. The van der Waals surface area contributed by atoms with Gasteiger partial charge in [-0.25, -0.2) is 9.55 Å². The van der Waals surface area contributed by atoms with Crippen molar-refractivity contribution in [1.29, 1.82) is 0 Å². The normalized spacial score (nSPS) is 23.2. The Kier molecular flexibility index (Phi) is 5.72. The van der Waals surface area contributed by atoms with Crippen LogP contribution in [0.2, 0.25) is 0 Å². The molecule has 5 N–H and O–H groups in total. The van der Waals surface area contributed by atoms with Gasteiger partial charge in [0.15, 0.2) is 17.8 Å². The summed E-state index contributed by atoms with van der Waals surface area (Å²) >= 11 is 0. The number of aromatic nitrogens is 4. The molecule has 0 aliphatic carbocycles. The van der Waals surface area contributed by atoms with Gasteiger partial charge in [0.25, 0.3) is 11.7 Å². The van der Waals surface area contributed by atoms with Crippen LogP contribution in [-0.4, -0.2) is 62.6 Å². The highest BCUT2D eigenvalue weighted by molar-refractivity contribution is 5.82. The van der Waals surface area contributed by atoms with E-state index in [1.165, 1.54) is 10.9 Å². The van der Waals surface area contributed by atoms with Crippen molar-refractivity contribution < 1.29 is 29.0 Å². The van der Waals surface area contributed by atoms with Crippen molar-refractivity contribution in [3.8, 4) is 5.75 Å². The fraction of sp³-hybridized carbons (Fsp3) is 0.400. The van der Waals surface area contributed by atoms with Gasteiger partial charge in [0.1, 0.15) is 24.3 Å². The van der Waals surface area contributed by atoms with Crippen LogP contribution >= 0.6 is 0 Å². The molecule has 1 aliphatic heterocycles. The molecule has 1 saturated heterocycles. The number of ether oxygens (including phenoxy) is 2. The van der Waals surface area contributed by atoms with Gasteiger partial charge < -0.3 is 30.7 Å². The number of carbonyl (C=O) groups excluding carboxylic acids is 1. The third-order valence-electron chi connectivity index (χ3n) is 5.25. The maximum Gasteiger partial charge on any atom is 0.252 e. The number of hydrogen-bond acceptors (Lipinski definition) is 8. The average Bonchev–Trinajstić information content (AvgIpc) is 3.32. The fourth-order valence-corrected chi connectivity index (χ4v) is 3.65. The van der Waals surface area contributed by atoms with Crippen LogP contribution in [0.4, 0.5) is 5.82 Å². The number of rotatable bonds is 6. The molecular weight excluding hydrogens is 404 g/mol. The Bertz CT molecular complexity index is 1100. The van der Waals surface area contributed by atoms with E-state index in [2.05, 4.69) is 15.3 Å². The molecule has 0 bridgehead atoms. The van der Waals surface area contributed by atoms with E-state index >= 15 is 0 Å². The molecule has 4 atom stereocenters. The molecule has 31 heavy (non-hydrogen) atoms. The molecule has 0 unspecified atom stereocenters. The summed E-state index contributed by atoms with van der Waals surface area (Å²) in [6, 6.07) is 7.60. The Morgan fingerprint density at radius 2 is 2.16 bits per heavy atom. The summed E-state index contributed by atoms with van der Waals surface area (Å²) in [6.45, 7) is 2.59. The molecule has 0 saturated carbocycles. The van der Waals surface area contributed by atoms with Crippen LogP contribution in [0.5, 0.6) is 5.75 Å². The van der Waals surface area contributed by atoms with Crippen molar-refractivity contribution in [1.82, 2.24) is 19.9 Å². The second-order valence-corrected chi connectivity index (χ2v) is 7.26. The van der Waals surface area contributed by atoms with Crippen molar-refractivity contribution in [2.45, 2.75) is 38.0 Å². The summed E-state index contributed by atoms with van der Waals surface area (Å²) in [6.07, 6.45) is -1.96. The standard InChI is InChI=1S/C20H24N6O5/c1-3-22-19(29)16-14(27)15(28)20(31-16)26-10-23-13-17(21)25(9-24-18(13)26)8-11-5-4-6-12(7-11)30-2/h4-7,9-10,14-16,20-21,27-28H,3,8H2,1-2H3,(H,22,29)/p+1/t14-,15+,16-,20+/m0/s1. The molecule has 11 nitrogen and oxygen atoms in total. The zero-order chi connectivity index (χ0) is 22.1. The summed E-state index contributed by atoms with van der Waals surface area (Å²) in [7, 11) is 1.60. The number of hydrogen-bond donors (Lipinski definition) is 4. The first kappa shape index (κ1) is 21.0. The number of nitrogens with two attached hydrogens (primary N) is 1.